The molecule has 0 saturated heterocycles. The fraction of sp³-hybridized carbons (Fsp3) is 0.348. The van der Waals surface area contributed by atoms with E-state index < -0.39 is 0 Å². The minimum absolute atomic E-state index is 0.119. The first-order chi connectivity index (χ1) is 15.1. The van der Waals surface area contributed by atoms with Gasteiger partial charge >= 0.3 is 0 Å². The molecule has 0 radical (unpaired) electrons. The van der Waals surface area contributed by atoms with Crippen LogP contribution in [0.2, 0.25) is 0 Å². The minimum atomic E-state index is -0.318. The standard InChI is InChI=1S/C23H25N5O3/c29-17-11-18(26-21-8-10-25-28(21)16-6-2-1-3-7-16)22(20(30)12-17)23(31)27-13-15-5-4-9-24-19(15)14-27/h4-5,8-12,16,26,29-30H,1-3,6-7,13-14H2. The molecule has 0 unspecified atom stereocenters. The van der Waals surface area contributed by atoms with Crippen molar-refractivity contribution in [3.63, 3.8) is 0 Å². The smallest absolute Gasteiger partial charge is 0.260 e. The van der Waals surface area contributed by atoms with Crippen molar-refractivity contribution in [1.82, 2.24) is 19.7 Å². The van der Waals surface area contributed by atoms with Crippen molar-refractivity contribution in [3.05, 3.63) is 59.5 Å². The molecule has 0 spiro atoms. The number of phenolic OH excluding ortho intramolecular Hbond substituents is 2. The largest absolute Gasteiger partial charge is 0.508 e. The van der Waals surface area contributed by atoms with E-state index >= 15 is 0 Å². The maximum Gasteiger partial charge on any atom is 0.260 e. The predicted molar refractivity (Wildman–Crippen MR) is 115 cm³/mol. The zero-order valence-corrected chi connectivity index (χ0v) is 17.2. The molecule has 0 bridgehead atoms. The summed E-state index contributed by atoms with van der Waals surface area (Å²) in [5.74, 6) is 0.0332. The van der Waals surface area contributed by atoms with Crippen molar-refractivity contribution >= 4 is 17.4 Å². The van der Waals surface area contributed by atoms with E-state index in [1.54, 1.807) is 17.3 Å². The number of phenols is 2. The Kier molecular flexibility index (Phi) is 4.97. The van der Waals surface area contributed by atoms with Crippen LogP contribution in [0.25, 0.3) is 0 Å². The topological polar surface area (TPSA) is 104 Å². The number of aromatic nitrogens is 3. The highest BCUT2D eigenvalue weighted by Gasteiger charge is 2.29. The van der Waals surface area contributed by atoms with Gasteiger partial charge in [0, 0.05) is 30.9 Å². The van der Waals surface area contributed by atoms with Gasteiger partial charge in [0.05, 0.1) is 30.2 Å². The molecule has 1 fully saturated rings. The Morgan fingerprint density at radius 1 is 1.06 bits per heavy atom. The molecule has 2 aliphatic rings. The summed E-state index contributed by atoms with van der Waals surface area (Å²) in [6.07, 6.45) is 9.15. The molecule has 1 saturated carbocycles. The number of anilines is 2. The fourth-order valence-electron chi connectivity index (χ4n) is 4.60. The zero-order chi connectivity index (χ0) is 21.4. The Bertz CT molecular complexity index is 1100. The number of pyridine rings is 1. The molecule has 31 heavy (non-hydrogen) atoms. The van der Waals surface area contributed by atoms with Crippen LogP contribution in [0.5, 0.6) is 11.5 Å². The molecular weight excluding hydrogens is 394 g/mol. The van der Waals surface area contributed by atoms with E-state index in [9.17, 15) is 15.0 Å². The number of rotatable bonds is 4. The number of amides is 1. The third kappa shape index (κ3) is 3.69. The van der Waals surface area contributed by atoms with Gasteiger partial charge < -0.3 is 20.4 Å². The summed E-state index contributed by atoms with van der Waals surface area (Å²) in [6.45, 7) is 0.816. The van der Waals surface area contributed by atoms with Gasteiger partial charge in [-0.25, -0.2) is 4.68 Å². The maximum absolute atomic E-state index is 13.4. The Labute approximate surface area is 180 Å². The van der Waals surface area contributed by atoms with Crippen LogP contribution in [0.3, 0.4) is 0 Å². The first kappa shape index (κ1) is 19.4. The van der Waals surface area contributed by atoms with Gasteiger partial charge in [0.2, 0.25) is 0 Å². The summed E-state index contributed by atoms with van der Waals surface area (Å²) in [4.78, 5) is 19.4. The highest BCUT2D eigenvalue weighted by atomic mass is 16.3. The lowest BCUT2D eigenvalue weighted by Gasteiger charge is -2.25. The van der Waals surface area contributed by atoms with E-state index in [-0.39, 0.29) is 23.0 Å². The van der Waals surface area contributed by atoms with E-state index in [1.165, 1.54) is 31.4 Å². The molecule has 3 heterocycles. The number of carbonyl (C=O) groups is 1. The van der Waals surface area contributed by atoms with Gasteiger partial charge in [0.25, 0.3) is 5.91 Å². The van der Waals surface area contributed by atoms with Crippen LogP contribution in [-0.4, -0.2) is 35.8 Å². The van der Waals surface area contributed by atoms with Gasteiger partial charge in [-0.15, -0.1) is 0 Å². The van der Waals surface area contributed by atoms with Crippen LogP contribution in [0.4, 0.5) is 11.5 Å². The third-order valence-electron chi connectivity index (χ3n) is 6.14. The molecule has 160 valence electrons. The first-order valence-corrected chi connectivity index (χ1v) is 10.7. The summed E-state index contributed by atoms with van der Waals surface area (Å²) < 4.78 is 1.95. The molecule has 1 aromatic carbocycles. The fourth-order valence-corrected chi connectivity index (χ4v) is 4.60. The average molecular weight is 419 g/mol. The molecular formula is C23H25N5O3. The second kappa shape index (κ2) is 7.94. The first-order valence-electron chi connectivity index (χ1n) is 10.7. The van der Waals surface area contributed by atoms with Crippen molar-refractivity contribution in [2.45, 2.75) is 51.2 Å². The second-order valence-electron chi connectivity index (χ2n) is 8.24. The highest BCUT2D eigenvalue weighted by Crippen LogP contribution is 2.37. The number of aromatic hydroxyl groups is 2. The molecule has 1 amide bonds. The van der Waals surface area contributed by atoms with Crippen molar-refractivity contribution in [3.8, 4) is 11.5 Å². The van der Waals surface area contributed by atoms with E-state index in [4.69, 9.17) is 0 Å². The van der Waals surface area contributed by atoms with Gasteiger partial charge in [-0.1, -0.05) is 25.3 Å². The number of carbonyl (C=O) groups excluding carboxylic acids is 1. The molecule has 3 aromatic rings. The third-order valence-corrected chi connectivity index (χ3v) is 6.14. The number of fused-ring (bicyclic) bond motifs is 1. The molecule has 8 heteroatoms. The van der Waals surface area contributed by atoms with Crippen molar-refractivity contribution < 1.29 is 15.0 Å². The molecule has 2 aromatic heterocycles. The van der Waals surface area contributed by atoms with Crippen LogP contribution in [0.1, 0.15) is 59.8 Å². The van der Waals surface area contributed by atoms with E-state index in [2.05, 4.69) is 15.4 Å². The van der Waals surface area contributed by atoms with Gasteiger partial charge in [-0.2, -0.15) is 5.10 Å². The highest BCUT2D eigenvalue weighted by molar-refractivity contribution is 6.03. The van der Waals surface area contributed by atoms with E-state index in [1.807, 2.05) is 22.9 Å². The van der Waals surface area contributed by atoms with Crippen molar-refractivity contribution in [1.29, 1.82) is 0 Å². The quantitative estimate of drug-likeness (QED) is 0.588. The lowest BCUT2D eigenvalue weighted by Crippen LogP contribution is -2.26. The number of hydrogen-bond acceptors (Lipinski definition) is 6. The number of benzene rings is 1. The number of nitrogens with zero attached hydrogens (tertiary/aromatic N) is 4. The Morgan fingerprint density at radius 3 is 2.71 bits per heavy atom. The number of hydrogen-bond donors (Lipinski definition) is 3. The van der Waals surface area contributed by atoms with Gasteiger partial charge in [-0.05, 0) is 24.5 Å². The van der Waals surface area contributed by atoms with Crippen LogP contribution in [0, 0.1) is 0 Å². The molecule has 8 nitrogen and oxygen atoms in total. The Morgan fingerprint density at radius 2 is 1.90 bits per heavy atom. The zero-order valence-electron chi connectivity index (χ0n) is 17.2. The predicted octanol–water partition coefficient (Wildman–Crippen LogP) is 4.09. The monoisotopic (exact) mass is 419 g/mol. The second-order valence-corrected chi connectivity index (χ2v) is 8.24. The van der Waals surface area contributed by atoms with E-state index in [0.29, 0.717) is 24.8 Å². The molecule has 1 aliphatic heterocycles. The summed E-state index contributed by atoms with van der Waals surface area (Å²) in [6, 6.07) is 8.61. The van der Waals surface area contributed by atoms with Crippen LogP contribution in [-0.2, 0) is 13.1 Å². The summed E-state index contributed by atoms with van der Waals surface area (Å²) in [5.41, 5.74) is 2.34. The number of nitrogens with one attached hydrogen (secondary N) is 1. The molecule has 0 atom stereocenters. The van der Waals surface area contributed by atoms with Crippen molar-refractivity contribution in [2.75, 3.05) is 5.32 Å². The van der Waals surface area contributed by atoms with Gasteiger partial charge in [0.1, 0.15) is 22.9 Å². The van der Waals surface area contributed by atoms with E-state index in [0.717, 1.165) is 29.9 Å². The maximum atomic E-state index is 13.4. The average Bonchev–Trinajstić information content (AvgIpc) is 3.40. The summed E-state index contributed by atoms with van der Waals surface area (Å²) in [5, 5.41) is 28.4. The summed E-state index contributed by atoms with van der Waals surface area (Å²) >= 11 is 0. The van der Waals surface area contributed by atoms with Gasteiger partial charge in [-0.3, -0.25) is 9.78 Å². The lowest BCUT2D eigenvalue weighted by atomic mass is 9.96. The molecule has 1 aliphatic carbocycles. The normalized spacial score (nSPS) is 16.3. The Balaban J connectivity index is 1.46. The SMILES string of the molecule is O=C(c1c(O)cc(O)cc1Nc1ccnn1C1CCCCC1)N1Cc2cccnc2C1. The summed E-state index contributed by atoms with van der Waals surface area (Å²) in [7, 11) is 0. The van der Waals surface area contributed by atoms with Crippen LogP contribution < -0.4 is 5.32 Å². The Hall–Kier alpha value is -3.55. The molecule has 3 N–H and O–H groups in total. The van der Waals surface area contributed by atoms with Crippen molar-refractivity contribution in [2.24, 2.45) is 0 Å². The molecule has 5 rings (SSSR count). The van der Waals surface area contributed by atoms with Crippen LogP contribution >= 0.6 is 0 Å². The van der Waals surface area contributed by atoms with Gasteiger partial charge in [0.15, 0.2) is 0 Å². The minimum Gasteiger partial charge on any atom is -0.508 e. The van der Waals surface area contributed by atoms with Crippen LogP contribution in [0.15, 0.2) is 42.7 Å². The lowest BCUT2D eigenvalue weighted by molar-refractivity contribution is 0.0748.